The van der Waals surface area contributed by atoms with Crippen LogP contribution in [-0.2, 0) is 17.7 Å². The zero-order valence-electron chi connectivity index (χ0n) is 13.5. The number of esters is 1. The van der Waals surface area contributed by atoms with Gasteiger partial charge in [-0.25, -0.2) is 9.78 Å². The van der Waals surface area contributed by atoms with Crippen molar-refractivity contribution in [1.82, 2.24) is 9.55 Å². The number of hydrogen-bond donors (Lipinski definition) is 1. The monoisotopic (exact) mass is 281 g/mol. The van der Waals surface area contributed by atoms with Gasteiger partial charge in [0, 0.05) is 13.0 Å². The van der Waals surface area contributed by atoms with Gasteiger partial charge in [-0.15, -0.1) is 0 Å². The number of aromatic nitrogens is 2. The van der Waals surface area contributed by atoms with Gasteiger partial charge < -0.3 is 15.0 Å². The summed E-state index contributed by atoms with van der Waals surface area (Å²) >= 11 is 0. The minimum absolute atomic E-state index is 0.267. The fourth-order valence-corrected chi connectivity index (χ4v) is 2.04. The second kappa shape index (κ2) is 6.29. The molecule has 0 aromatic carbocycles. The summed E-state index contributed by atoms with van der Waals surface area (Å²) in [6.45, 7) is 12.5. The highest BCUT2D eigenvalue weighted by atomic mass is 16.6. The van der Waals surface area contributed by atoms with E-state index in [2.05, 4.69) is 25.8 Å². The molecule has 0 bridgehead atoms. The third-order valence-corrected chi connectivity index (χ3v) is 2.69. The molecule has 1 rings (SSSR count). The Balaban J connectivity index is 3.19. The second-order valence-corrected chi connectivity index (χ2v) is 6.52. The van der Waals surface area contributed by atoms with Gasteiger partial charge in [0.05, 0.1) is 0 Å². The molecule has 2 N–H and O–H groups in total. The van der Waals surface area contributed by atoms with Gasteiger partial charge in [-0.2, -0.15) is 0 Å². The summed E-state index contributed by atoms with van der Waals surface area (Å²) in [7, 11) is 0. The molecule has 5 nitrogen and oxygen atoms in total. The maximum Gasteiger partial charge on any atom is 0.359 e. The number of carbonyl (C=O) groups is 1. The number of nitrogen functional groups attached to an aromatic ring is 1. The van der Waals surface area contributed by atoms with Crippen LogP contribution in [0, 0.1) is 5.92 Å². The Hall–Kier alpha value is -1.52. The molecule has 0 amide bonds. The van der Waals surface area contributed by atoms with E-state index < -0.39 is 11.6 Å². The van der Waals surface area contributed by atoms with E-state index in [0.29, 0.717) is 18.2 Å². The molecule has 114 valence electrons. The number of carbonyl (C=O) groups excluding carboxylic acids is 1. The first-order chi connectivity index (χ1) is 9.15. The number of nitrogens with zero attached hydrogens (tertiary/aromatic N) is 2. The van der Waals surface area contributed by atoms with Crippen LogP contribution in [0.3, 0.4) is 0 Å². The highest BCUT2D eigenvalue weighted by Gasteiger charge is 2.26. The largest absolute Gasteiger partial charge is 0.455 e. The van der Waals surface area contributed by atoms with Crippen molar-refractivity contribution in [3.63, 3.8) is 0 Å². The lowest BCUT2D eigenvalue weighted by molar-refractivity contribution is 0.00580. The molecular weight excluding hydrogens is 254 g/mol. The Morgan fingerprint density at radius 2 is 2.00 bits per heavy atom. The average molecular weight is 281 g/mol. The van der Waals surface area contributed by atoms with Crippen LogP contribution in [0.5, 0.6) is 0 Å². The SMILES string of the molecule is CCCc1nc(N)c(C(=O)OC(C)(C)C)n1CC(C)C. The van der Waals surface area contributed by atoms with Crippen molar-refractivity contribution >= 4 is 11.8 Å². The van der Waals surface area contributed by atoms with Gasteiger partial charge in [-0.05, 0) is 33.1 Å². The molecule has 1 aromatic rings. The van der Waals surface area contributed by atoms with Gasteiger partial charge >= 0.3 is 5.97 Å². The molecule has 0 aliphatic heterocycles. The van der Waals surface area contributed by atoms with E-state index in [9.17, 15) is 4.79 Å². The molecule has 0 radical (unpaired) electrons. The highest BCUT2D eigenvalue weighted by Crippen LogP contribution is 2.21. The van der Waals surface area contributed by atoms with E-state index in [1.165, 1.54) is 0 Å². The van der Waals surface area contributed by atoms with Gasteiger partial charge in [0.2, 0.25) is 0 Å². The van der Waals surface area contributed by atoms with Gasteiger partial charge in [0.1, 0.15) is 11.4 Å². The summed E-state index contributed by atoms with van der Waals surface area (Å²) in [6, 6.07) is 0. The summed E-state index contributed by atoms with van der Waals surface area (Å²) in [4.78, 5) is 16.7. The quantitative estimate of drug-likeness (QED) is 0.842. The van der Waals surface area contributed by atoms with Crippen molar-refractivity contribution in [3.05, 3.63) is 11.5 Å². The number of nitrogens with two attached hydrogens (primary N) is 1. The predicted octanol–water partition coefficient (Wildman–Crippen LogP) is 3.03. The Labute approximate surface area is 121 Å². The van der Waals surface area contributed by atoms with Crippen molar-refractivity contribution in [3.8, 4) is 0 Å². The van der Waals surface area contributed by atoms with E-state index in [1.54, 1.807) is 0 Å². The van der Waals surface area contributed by atoms with E-state index in [4.69, 9.17) is 10.5 Å². The molecule has 0 aliphatic carbocycles. The van der Waals surface area contributed by atoms with E-state index in [1.807, 2.05) is 25.3 Å². The Morgan fingerprint density at radius 1 is 1.40 bits per heavy atom. The van der Waals surface area contributed by atoms with Crippen molar-refractivity contribution in [1.29, 1.82) is 0 Å². The highest BCUT2D eigenvalue weighted by molar-refractivity contribution is 5.92. The van der Waals surface area contributed by atoms with Crippen LogP contribution in [-0.4, -0.2) is 21.1 Å². The molecule has 0 spiro atoms. The lowest BCUT2D eigenvalue weighted by Crippen LogP contribution is -2.27. The van der Waals surface area contributed by atoms with E-state index in [0.717, 1.165) is 18.7 Å². The molecule has 20 heavy (non-hydrogen) atoms. The first-order valence-corrected chi connectivity index (χ1v) is 7.24. The van der Waals surface area contributed by atoms with Crippen LogP contribution in [0.15, 0.2) is 0 Å². The number of imidazole rings is 1. The number of hydrogen-bond acceptors (Lipinski definition) is 4. The van der Waals surface area contributed by atoms with Crippen LogP contribution in [0.4, 0.5) is 5.82 Å². The molecule has 0 aliphatic rings. The molecular formula is C15H27N3O2. The number of anilines is 1. The number of aryl methyl sites for hydroxylation is 1. The van der Waals surface area contributed by atoms with Crippen molar-refractivity contribution in [2.45, 2.75) is 66.5 Å². The molecule has 0 saturated heterocycles. The maximum absolute atomic E-state index is 12.3. The maximum atomic E-state index is 12.3. The average Bonchev–Trinajstić information content (AvgIpc) is 2.52. The third-order valence-electron chi connectivity index (χ3n) is 2.69. The minimum atomic E-state index is -0.540. The van der Waals surface area contributed by atoms with Crippen LogP contribution in [0.25, 0.3) is 0 Å². The summed E-state index contributed by atoms with van der Waals surface area (Å²) in [6.07, 6.45) is 1.77. The summed E-state index contributed by atoms with van der Waals surface area (Å²) in [5.41, 5.74) is 5.78. The lowest BCUT2D eigenvalue weighted by Gasteiger charge is -2.21. The molecule has 0 unspecified atom stereocenters. The number of rotatable bonds is 5. The topological polar surface area (TPSA) is 70.1 Å². The Kier molecular flexibility index (Phi) is 5.20. The molecule has 0 atom stereocenters. The van der Waals surface area contributed by atoms with Crippen molar-refractivity contribution in [2.24, 2.45) is 5.92 Å². The molecule has 5 heteroatoms. The van der Waals surface area contributed by atoms with Crippen LogP contribution in [0.2, 0.25) is 0 Å². The van der Waals surface area contributed by atoms with E-state index in [-0.39, 0.29) is 5.82 Å². The summed E-state index contributed by atoms with van der Waals surface area (Å²) < 4.78 is 7.35. The van der Waals surface area contributed by atoms with Gasteiger partial charge in [0.25, 0.3) is 0 Å². The fourth-order valence-electron chi connectivity index (χ4n) is 2.04. The molecule has 1 aromatic heterocycles. The second-order valence-electron chi connectivity index (χ2n) is 6.52. The standard InChI is InChI=1S/C15H27N3O2/c1-7-8-11-17-13(16)12(18(11)9-10(2)3)14(19)20-15(4,5)6/h10H,7-9,16H2,1-6H3. The van der Waals surface area contributed by atoms with Crippen molar-refractivity contribution in [2.75, 3.05) is 5.73 Å². The normalized spacial score (nSPS) is 11.9. The zero-order chi connectivity index (χ0) is 15.5. The first kappa shape index (κ1) is 16.5. The lowest BCUT2D eigenvalue weighted by atomic mass is 10.2. The van der Waals surface area contributed by atoms with Crippen LogP contribution < -0.4 is 5.73 Å². The van der Waals surface area contributed by atoms with E-state index >= 15 is 0 Å². The van der Waals surface area contributed by atoms with Gasteiger partial charge in [-0.3, -0.25) is 0 Å². The summed E-state index contributed by atoms with van der Waals surface area (Å²) in [5, 5.41) is 0. The first-order valence-electron chi connectivity index (χ1n) is 7.24. The van der Waals surface area contributed by atoms with Crippen LogP contribution >= 0.6 is 0 Å². The summed E-state index contributed by atoms with van der Waals surface area (Å²) in [5.74, 6) is 1.13. The Bertz CT molecular complexity index is 470. The van der Waals surface area contributed by atoms with Crippen LogP contribution in [0.1, 0.15) is 64.3 Å². The van der Waals surface area contributed by atoms with Crippen molar-refractivity contribution < 1.29 is 9.53 Å². The molecule has 1 heterocycles. The van der Waals surface area contributed by atoms with Gasteiger partial charge in [0.15, 0.2) is 11.5 Å². The Morgan fingerprint density at radius 3 is 2.45 bits per heavy atom. The predicted molar refractivity (Wildman–Crippen MR) is 80.6 cm³/mol. The number of ether oxygens (including phenoxy) is 1. The smallest absolute Gasteiger partial charge is 0.359 e. The zero-order valence-corrected chi connectivity index (χ0v) is 13.5. The molecule has 0 fully saturated rings. The minimum Gasteiger partial charge on any atom is -0.455 e. The molecule has 0 saturated carbocycles. The third kappa shape index (κ3) is 4.25. The fraction of sp³-hybridized carbons (Fsp3) is 0.733. The van der Waals surface area contributed by atoms with Gasteiger partial charge in [-0.1, -0.05) is 20.8 Å².